The molecule has 0 aliphatic carbocycles. The second-order valence-corrected chi connectivity index (χ2v) is 4.75. The quantitative estimate of drug-likeness (QED) is 0.711. The van der Waals surface area contributed by atoms with Gasteiger partial charge >= 0.3 is 0 Å². The van der Waals surface area contributed by atoms with Crippen LogP contribution in [-0.2, 0) is 0 Å². The molecular weight excluding hydrogens is 231 g/mol. The van der Waals surface area contributed by atoms with Gasteiger partial charge in [-0.15, -0.1) is 0 Å². The Morgan fingerprint density at radius 2 is 2.13 bits per heavy atom. The summed E-state index contributed by atoms with van der Waals surface area (Å²) < 4.78 is 0. The Kier molecular flexibility index (Phi) is 4.35. The lowest BCUT2D eigenvalue weighted by Gasteiger charge is -2.30. The zero-order valence-electron chi connectivity index (χ0n) is 9.30. The maximum Gasteiger partial charge on any atom is 0.0988 e. The van der Waals surface area contributed by atoms with E-state index in [-0.39, 0.29) is 5.92 Å². The van der Waals surface area contributed by atoms with Gasteiger partial charge in [0, 0.05) is 29.9 Å². The molecule has 0 N–H and O–H groups in total. The first kappa shape index (κ1) is 12.7. The minimum absolute atomic E-state index is 0.250. The second-order valence-electron chi connectivity index (χ2n) is 3.91. The first-order valence-electron chi connectivity index (χ1n) is 5.10. The van der Waals surface area contributed by atoms with Crippen molar-refractivity contribution in [3.63, 3.8) is 0 Å². The zero-order valence-corrected chi connectivity index (χ0v) is 10.8. The number of rotatable bonds is 2. The molecule has 0 saturated heterocycles. The Balaban J connectivity index is 3.09. The molecule has 2 unspecified atom stereocenters. The lowest BCUT2D eigenvalue weighted by molar-refractivity contribution is 0.396. The molecule has 2 nitrogen and oxygen atoms in total. The van der Waals surface area contributed by atoms with Gasteiger partial charge in [0.05, 0.1) is 10.6 Å². The summed E-state index contributed by atoms with van der Waals surface area (Å²) in [5.41, 5.74) is -0.439. The van der Waals surface area contributed by atoms with Crippen molar-refractivity contribution in [3.8, 4) is 0 Å². The molecule has 1 aliphatic rings. The van der Waals surface area contributed by atoms with Crippen molar-refractivity contribution in [1.82, 2.24) is 0 Å². The third kappa shape index (κ3) is 2.61. The van der Waals surface area contributed by atoms with Gasteiger partial charge in [-0.05, 0) is 13.3 Å². The maximum absolute atomic E-state index is 6.30. The summed E-state index contributed by atoms with van der Waals surface area (Å²) in [6.07, 6.45) is 4.15. The van der Waals surface area contributed by atoms with Crippen LogP contribution in [0.25, 0.3) is 0 Å². The van der Waals surface area contributed by atoms with Gasteiger partial charge in [0.15, 0.2) is 0 Å². The van der Waals surface area contributed by atoms with Gasteiger partial charge in [-0.1, -0.05) is 37.0 Å². The smallest absolute Gasteiger partial charge is 0.0988 e. The number of aliphatic imine (C=N–C) groups is 2. The molecule has 0 saturated carbocycles. The van der Waals surface area contributed by atoms with Crippen molar-refractivity contribution < 1.29 is 0 Å². The van der Waals surface area contributed by atoms with Crippen LogP contribution >= 0.6 is 23.2 Å². The number of halogens is 2. The minimum atomic E-state index is -0.439. The fourth-order valence-electron chi connectivity index (χ4n) is 1.46. The molecule has 0 aromatic rings. The highest BCUT2D eigenvalue weighted by Crippen LogP contribution is 2.37. The third-order valence-electron chi connectivity index (χ3n) is 2.85. The van der Waals surface area contributed by atoms with E-state index in [1.165, 1.54) is 0 Å². The molecule has 1 heterocycles. The average Bonchev–Trinajstić information content (AvgIpc) is 2.40. The van der Waals surface area contributed by atoms with Crippen molar-refractivity contribution in [2.24, 2.45) is 15.9 Å². The fourth-order valence-corrected chi connectivity index (χ4v) is 2.02. The van der Waals surface area contributed by atoms with E-state index < -0.39 is 5.54 Å². The molecule has 84 valence electrons. The highest BCUT2D eigenvalue weighted by Gasteiger charge is 2.35. The summed E-state index contributed by atoms with van der Waals surface area (Å²) in [5.74, 6) is 0.250. The summed E-state index contributed by atoms with van der Waals surface area (Å²) >= 11 is 12.4. The van der Waals surface area contributed by atoms with E-state index in [9.17, 15) is 0 Å². The van der Waals surface area contributed by atoms with Crippen molar-refractivity contribution in [1.29, 1.82) is 0 Å². The van der Waals surface area contributed by atoms with Gasteiger partial charge in [-0.25, -0.2) is 0 Å². The molecule has 2 atom stereocenters. The molecule has 1 aliphatic heterocycles. The third-order valence-corrected chi connectivity index (χ3v) is 4.01. The topological polar surface area (TPSA) is 24.7 Å². The highest BCUT2D eigenvalue weighted by atomic mass is 35.5. The largest absolute Gasteiger partial charge is 0.291 e. The van der Waals surface area contributed by atoms with Gasteiger partial charge in [0.1, 0.15) is 0 Å². The second kappa shape index (κ2) is 5.13. The van der Waals surface area contributed by atoms with E-state index in [1.54, 1.807) is 12.4 Å². The molecule has 0 spiro atoms. The molecule has 0 aromatic carbocycles. The molecule has 0 aromatic heterocycles. The van der Waals surface area contributed by atoms with Crippen molar-refractivity contribution in [2.45, 2.75) is 32.7 Å². The minimum Gasteiger partial charge on any atom is -0.291 e. The number of nitrogens with zero attached hydrogens (tertiary/aromatic N) is 2. The Labute approximate surface area is 101 Å². The first-order chi connectivity index (χ1) is 7.02. The Morgan fingerprint density at radius 3 is 2.73 bits per heavy atom. The lowest BCUT2D eigenvalue weighted by Crippen LogP contribution is -2.33. The van der Waals surface area contributed by atoms with Crippen LogP contribution in [0.15, 0.2) is 20.0 Å². The standard InChI is InChI=1S/C11H16Cl2N2/c1-4-9(12)10(13)11(3)8(2)7-14-5-6-15-11/h5-6,8H,4,7H2,1-3H3/b10-9-. The number of hydrogen-bond acceptors (Lipinski definition) is 2. The molecule has 4 heteroatoms. The lowest BCUT2D eigenvalue weighted by atomic mass is 9.86. The average molecular weight is 247 g/mol. The zero-order chi connectivity index (χ0) is 11.5. The Morgan fingerprint density at radius 1 is 1.47 bits per heavy atom. The van der Waals surface area contributed by atoms with Crippen LogP contribution < -0.4 is 0 Å². The summed E-state index contributed by atoms with van der Waals surface area (Å²) in [6.45, 7) is 6.79. The Bertz CT molecular complexity index is 321. The van der Waals surface area contributed by atoms with Gasteiger partial charge in [-0.2, -0.15) is 0 Å². The van der Waals surface area contributed by atoms with Crippen molar-refractivity contribution >= 4 is 35.6 Å². The van der Waals surface area contributed by atoms with E-state index >= 15 is 0 Å². The van der Waals surface area contributed by atoms with E-state index in [1.807, 2.05) is 13.8 Å². The van der Waals surface area contributed by atoms with E-state index in [2.05, 4.69) is 16.9 Å². The van der Waals surface area contributed by atoms with Gasteiger partial charge < -0.3 is 0 Å². The van der Waals surface area contributed by atoms with Crippen LogP contribution in [0.4, 0.5) is 0 Å². The van der Waals surface area contributed by atoms with E-state index in [0.29, 0.717) is 10.1 Å². The predicted molar refractivity (Wildman–Crippen MR) is 68.4 cm³/mol. The van der Waals surface area contributed by atoms with Crippen molar-refractivity contribution in [3.05, 3.63) is 10.1 Å². The van der Waals surface area contributed by atoms with Gasteiger partial charge in [-0.3, -0.25) is 9.98 Å². The number of allylic oxidation sites excluding steroid dienone is 1. The predicted octanol–water partition coefficient (Wildman–Crippen LogP) is 3.64. The van der Waals surface area contributed by atoms with E-state index in [0.717, 1.165) is 13.0 Å². The normalized spacial score (nSPS) is 32.5. The summed E-state index contributed by atoms with van der Waals surface area (Å²) in [5, 5.41) is 1.32. The fraction of sp³-hybridized carbons (Fsp3) is 0.636. The maximum atomic E-state index is 6.30. The van der Waals surface area contributed by atoms with Crippen LogP contribution in [0.1, 0.15) is 27.2 Å². The van der Waals surface area contributed by atoms with Gasteiger partial charge in [0.25, 0.3) is 0 Å². The van der Waals surface area contributed by atoms with Crippen LogP contribution in [0.5, 0.6) is 0 Å². The molecular formula is C11H16Cl2N2. The molecule has 0 fully saturated rings. The molecule has 0 amide bonds. The van der Waals surface area contributed by atoms with Crippen molar-refractivity contribution in [2.75, 3.05) is 6.54 Å². The highest BCUT2D eigenvalue weighted by molar-refractivity contribution is 6.40. The van der Waals surface area contributed by atoms with Crippen LogP contribution in [0.3, 0.4) is 0 Å². The SMILES string of the molecule is CC/C(Cl)=C(/Cl)C1(C)N=CC=NCC1C. The van der Waals surface area contributed by atoms with E-state index in [4.69, 9.17) is 23.2 Å². The summed E-state index contributed by atoms with van der Waals surface area (Å²) in [6, 6.07) is 0. The van der Waals surface area contributed by atoms with Crippen LogP contribution in [0, 0.1) is 5.92 Å². The summed E-state index contributed by atoms with van der Waals surface area (Å²) in [7, 11) is 0. The van der Waals surface area contributed by atoms with Gasteiger partial charge in [0.2, 0.25) is 0 Å². The number of hydrogen-bond donors (Lipinski definition) is 0. The first-order valence-corrected chi connectivity index (χ1v) is 5.86. The Hall–Kier alpha value is -0.340. The monoisotopic (exact) mass is 246 g/mol. The van der Waals surface area contributed by atoms with Crippen LogP contribution in [0.2, 0.25) is 0 Å². The molecule has 0 bridgehead atoms. The summed E-state index contributed by atoms with van der Waals surface area (Å²) in [4.78, 5) is 8.67. The van der Waals surface area contributed by atoms with Crippen LogP contribution in [-0.4, -0.2) is 24.5 Å². The molecule has 0 radical (unpaired) electrons. The molecule has 15 heavy (non-hydrogen) atoms. The molecule has 1 rings (SSSR count).